The Bertz CT molecular complexity index is 654. The molecule has 1 heterocycles. The standard InChI is InChI=1S/C14H14N4OS/c15-12(20)11-7-16-18-13(11)17-14(19)10-5-8-3-1-2-4-9(8)6-10/h1-4,7,10H,5-6H2,(H2,15,20)(H2,16,17,18,19). The van der Waals surface area contributed by atoms with Gasteiger partial charge in [0.2, 0.25) is 5.91 Å². The summed E-state index contributed by atoms with van der Waals surface area (Å²) in [5.74, 6) is 0.372. The van der Waals surface area contributed by atoms with Crippen LogP contribution in [-0.4, -0.2) is 21.1 Å². The number of carbonyl (C=O) groups excluding carboxylic acids is 1. The Hall–Kier alpha value is -2.21. The zero-order valence-electron chi connectivity index (χ0n) is 10.7. The van der Waals surface area contributed by atoms with Gasteiger partial charge in [0.25, 0.3) is 0 Å². The van der Waals surface area contributed by atoms with E-state index in [2.05, 4.69) is 27.6 Å². The van der Waals surface area contributed by atoms with E-state index in [1.54, 1.807) is 0 Å². The van der Waals surface area contributed by atoms with Gasteiger partial charge in [-0.3, -0.25) is 9.89 Å². The van der Waals surface area contributed by atoms with Crippen molar-refractivity contribution >= 4 is 28.9 Å². The molecule has 0 spiro atoms. The lowest BCUT2D eigenvalue weighted by atomic mass is 10.1. The normalized spacial score (nSPS) is 14.0. The molecule has 0 atom stereocenters. The van der Waals surface area contributed by atoms with Gasteiger partial charge in [-0.25, -0.2) is 0 Å². The summed E-state index contributed by atoms with van der Waals surface area (Å²) in [6.07, 6.45) is 3.04. The van der Waals surface area contributed by atoms with Crippen LogP contribution in [0.3, 0.4) is 0 Å². The summed E-state index contributed by atoms with van der Waals surface area (Å²) in [5.41, 5.74) is 8.62. The van der Waals surface area contributed by atoms with Crippen LogP contribution in [-0.2, 0) is 17.6 Å². The van der Waals surface area contributed by atoms with Crippen LogP contribution in [0, 0.1) is 5.92 Å². The molecule has 0 bridgehead atoms. The predicted molar refractivity (Wildman–Crippen MR) is 80.4 cm³/mol. The molecule has 1 aliphatic carbocycles. The number of aromatic amines is 1. The predicted octanol–water partition coefficient (Wildman–Crippen LogP) is 1.40. The van der Waals surface area contributed by atoms with Crippen molar-refractivity contribution in [2.75, 3.05) is 5.32 Å². The van der Waals surface area contributed by atoms with Gasteiger partial charge in [0.15, 0.2) is 0 Å². The second kappa shape index (κ2) is 5.05. The number of amides is 1. The fourth-order valence-corrected chi connectivity index (χ4v) is 2.69. The summed E-state index contributed by atoms with van der Waals surface area (Å²) in [6, 6.07) is 8.14. The molecule has 3 rings (SSSR count). The molecule has 0 saturated heterocycles. The first-order valence-electron chi connectivity index (χ1n) is 6.36. The van der Waals surface area contributed by atoms with Crippen LogP contribution in [0.15, 0.2) is 30.5 Å². The molecule has 0 aliphatic heterocycles. The molecule has 102 valence electrons. The molecule has 0 saturated carbocycles. The van der Waals surface area contributed by atoms with Crippen molar-refractivity contribution in [1.29, 1.82) is 0 Å². The van der Waals surface area contributed by atoms with E-state index in [4.69, 9.17) is 18.0 Å². The molecule has 1 aliphatic rings. The molecule has 20 heavy (non-hydrogen) atoms. The zero-order valence-corrected chi connectivity index (χ0v) is 11.5. The van der Waals surface area contributed by atoms with E-state index in [0.717, 1.165) is 12.8 Å². The lowest BCUT2D eigenvalue weighted by Gasteiger charge is -2.10. The number of nitrogens with two attached hydrogens (primary N) is 1. The Labute approximate surface area is 121 Å². The highest BCUT2D eigenvalue weighted by molar-refractivity contribution is 7.80. The van der Waals surface area contributed by atoms with Gasteiger partial charge in [-0.05, 0) is 24.0 Å². The van der Waals surface area contributed by atoms with Gasteiger partial charge >= 0.3 is 0 Å². The van der Waals surface area contributed by atoms with E-state index in [-0.39, 0.29) is 16.8 Å². The molecule has 1 amide bonds. The average molecular weight is 286 g/mol. The van der Waals surface area contributed by atoms with E-state index in [9.17, 15) is 4.79 Å². The Morgan fingerprint density at radius 1 is 1.35 bits per heavy atom. The number of nitrogens with zero attached hydrogens (tertiary/aromatic N) is 1. The first-order valence-corrected chi connectivity index (χ1v) is 6.77. The molecule has 0 radical (unpaired) electrons. The van der Waals surface area contributed by atoms with Crippen molar-refractivity contribution in [2.45, 2.75) is 12.8 Å². The van der Waals surface area contributed by atoms with Crippen LogP contribution in [0.25, 0.3) is 0 Å². The third kappa shape index (κ3) is 2.30. The number of aromatic nitrogens is 2. The molecule has 2 aromatic rings. The molecule has 0 unspecified atom stereocenters. The number of hydrogen-bond acceptors (Lipinski definition) is 3. The van der Waals surface area contributed by atoms with Crippen LogP contribution < -0.4 is 11.1 Å². The van der Waals surface area contributed by atoms with Crippen LogP contribution in [0.2, 0.25) is 0 Å². The fourth-order valence-electron chi connectivity index (χ4n) is 2.54. The van der Waals surface area contributed by atoms with Crippen LogP contribution >= 0.6 is 12.2 Å². The van der Waals surface area contributed by atoms with Gasteiger partial charge in [-0.15, -0.1) is 0 Å². The van der Waals surface area contributed by atoms with Gasteiger partial charge in [0.05, 0.1) is 11.8 Å². The van der Waals surface area contributed by atoms with Gasteiger partial charge in [0.1, 0.15) is 10.8 Å². The van der Waals surface area contributed by atoms with E-state index >= 15 is 0 Å². The second-order valence-corrected chi connectivity index (χ2v) is 5.33. The third-order valence-electron chi connectivity index (χ3n) is 3.57. The molecule has 1 aromatic carbocycles. The largest absolute Gasteiger partial charge is 0.389 e. The molecule has 1 aromatic heterocycles. The van der Waals surface area contributed by atoms with Gasteiger partial charge < -0.3 is 11.1 Å². The van der Waals surface area contributed by atoms with E-state index in [1.807, 2.05) is 12.1 Å². The van der Waals surface area contributed by atoms with Gasteiger partial charge in [-0.1, -0.05) is 36.5 Å². The molecule has 4 N–H and O–H groups in total. The van der Waals surface area contributed by atoms with Crippen molar-refractivity contribution in [1.82, 2.24) is 10.2 Å². The minimum absolute atomic E-state index is 0.0389. The number of nitrogens with one attached hydrogen (secondary N) is 2. The molecule has 5 nitrogen and oxygen atoms in total. The topological polar surface area (TPSA) is 83.8 Å². The smallest absolute Gasteiger partial charge is 0.229 e. The SMILES string of the molecule is NC(=S)c1cn[nH]c1NC(=O)C1Cc2ccccc2C1. The number of carbonyl (C=O) groups is 1. The van der Waals surface area contributed by atoms with E-state index in [1.165, 1.54) is 17.3 Å². The highest BCUT2D eigenvalue weighted by atomic mass is 32.1. The number of benzene rings is 1. The Morgan fingerprint density at radius 2 is 2.00 bits per heavy atom. The van der Waals surface area contributed by atoms with E-state index < -0.39 is 0 Å². The first-order chi connectivity index (χ1) is 9.65. The fraction of sp³-hybridized carbons (Fsp3) is 0.214. The lowest BCUT2D eigenvalue weighted by Crippen LogP contribution is -2.24. The van der Waals surface area contributed by atoms with Crippen molar-refractivity contribution in [3.8, 4) is 0 Å². The number of hydrogen-bond donors (Lipinski definition) is 3. The summed E-state index contributed by atoms with van der Waals surface area (Å²) in [5, 5.41) is 9.39. The lowest BCUT2D eigenvalue weighted by molar-refractivity contribution is -0.119. The quantitative estimate of drug-likeness (QED) is 0.745. The van der Waals surface area contributed by atoms with Crippen LogP contribution in [0.1, 0.15) is 16.7 Å². The molecule has 0 fully saturated rings. The average Bonchev–Trinajstić information content (AvgIpc) is 3.03. The summed E-state index contributed by atoms with van der Waals surface area (Å²) in [4.78, 5) is 12.5. The zero-order chi connectivity index (χ0) is 14.1. The maximum Gasteiger partial charge on any atom is 0.229 e. The Morgan fingerprint density at radius 3 is 2.60 bits per heavy atom. The molecule has 6 heteroatoms. The van der Waals surface area contributed by atoms with Crippen LogP contribution in [0.5, 0.6) is 0 Å². The van der Waals surface area contributed by atoms with Crippen LogP contribution in [0.4, 0.5) is 5.82 Å². The number of fused-ring (bicyclic) bond motifs is 1. The van der Waals surface area contributed by atoms with Crippen molar-refractivity contribution < 1.29 is 4.79 Å². The Kier molecular flexibility index (Phi) is 3.23. The summed E-state index contributed by atoms with van der Waals surface area (Å²) < 4.78 is 0. The summed E-state index contributed by atoms with van der Waals surface area (Å²) in [7, 11) is 0. The number of rotatable bonds is 3. The Balaban J connectivity index is 1.73. The van der Waals surface area contributed by atoms with Gasteiger partial charge in [-0.2, -0.15) is 5.10 Å². The third-order valence-corrected chi connectivity index (χ3v) is 3.79. The van der Waals surface area contributed by atoms with Crippen molar-refractivity contribution in [2.24, 2.45) is 11.7 Å². The summed E-state index contributed by atoms with van der Waals surface area (Å²) >= 11 is 4.91. The second-order valence-electron chi connectivity index (χ2n) is 4.89. The van der Waals surface area contributed by atoms with Crippen molar-refractivity contribution in [3.63, 3.8) is 0 Å². The maximum absolute atomic E-state index is 12.3. The molecular formula is C14H14N4OS. The number of thiocarbonyl (C=S) groups is 1. The summed E-state index contributed by atoms with van der Waals surface area (Å²) in [6.45, 7) is 0. The molecular weight excluding hydrogens is 272 g/mol. The minimum atomic E-state index is -0.0603. The highest BCUT2D eigenvalue weighted by Crippen LogP contribution is 2.27. The minimum Gasteiger partial charge on any atom is -0.389 e. The monoisotopic (exact) mass is 286 g/mol. The van der Waals surface area contributed by atoms with Gasteiger partial charge in [0, 0.05) is 5.92 Å². The van der Waals surface area contributed by atoms with Crippen molar-refractivity contribution in [3.05, 3.63) is 47.2 Å². The van der Waals surface area contributed by atoms with E-state index in [0.29, 0.717) is 11.4 Å². The first kappa shape index (κ1) is 12.8. The number of H-pyrrole nitrogens is 1. The maximum atomic E-state index is 12.3. The highest BCUT2D eigenvalue weighted by Gasteiger charge is 2.27. The number of anilines is 1.